The molecular formula is C15H23N. The lowest BCUT2D eigenvalue weighted by molar-refractivity contribution is 0.611. The molecule has 1 N–H and O–H groups in total. The Morgan fingerprint density at radius 1 is 1.06 bits per heavy atom. The van der Waals surface area contributed by atoms with Crippen molar-refractivity contribution < 1.29 is 0 Å². The van der Waals surface area contributed by atoms with E-state index >= 15 is 0 Å². The molecule has 0 spiro atoms. The highest BCUT2D eigenvalue weighted by Crippen LogP contribution is 2.22. The largest absolute Gasteiger partial charge is 0.313 e. The van der Waals surface area contributed by atoms with Crippen LogP contribution in [0.25, 0.3) is 0 Å². The molecule has 1 fully saturated rings. The van der Waals surface area contributed by atoms with E-state index in [1.807, 2.05) is 0 Å². The molecule has 1 aromatic carbocycles. The van der Waals surface area contributed by atoms with Gasteiger partial charge in [-0.2, -0.15) is 0 Å². The highest BCUT2D eigenvalue weighted by molar-refractivity contribution is 5.27. The van der Waals surface area contributed by atoms with E-state index in [0.29, 0.717) is 11.8 Å². The number of hydrogen-bond donors (Lipinski definition) is 1. The molecule has 88 valence electrons. The topological polar surface area (TPSA) is 12.0 Å². The molecule has 0 radical (unpaired) electrons. The van der Waals surface area contributed by atoms with Gasteiger partial charge >= 0.3 is 0 Å². The molecule has 2 rings (SSSR count). The van der Waals surface area contributed by atoms with Gasteiger partial charge in [0.25, 0.3) is 0 Å². The van der Waals surface area contributed by atoms with E-state index in [9.17, 15) is 0 Å². The summed E-state index contributed by atoms with van der Waals surface area (Å²) in [5, 5.41) is 3.59. The molecule has 0 aliphatic heterocycles. The molecule has 1 heteroatoms. The predicted molar refractivity (Wildman–Crippen MR) is 70.0 cm³/mol. The molecule has 1 nitrogen and oxygen atoms in total. The second-order valence-electron chi connectivity index (χ2n) is 5.40. The van der Waals surface area contributed by atoms with E-state index in [-0.39, 0.29) is 0 Å². The van der Waals surface area contributed by atoms with Crippen molar-refractivity contribution >= 4 is 0 Å². The maximum Gasteiger partial charge on any atom is 0.00684 e. The van der Waals surface area contributed by atoms with Crippen LogP contribution in [-0.4, -0.2) is 12.6 Å². The lowest BCUT2D eigenvalue weighted by Crippen LogP contribution is -2.21. The normalized spacial score (nSPS) is 17.8. The zero-order valence-electron chi connectivity index (χ0n) is 10.7. The van der Waals surface area contributed by atoms with Gasteiger partial charge in [0.2, 0.25) is 0 Å². The summed E-state index contributed by atoms with van der Waals surface area (Å²) in [7, 11) is 0. The van der Waals surface area contributed by atoms with Crippen LogP contribution in [0.3, 0.4) is 0 Å². The molecule has 1 aromatic rings. The van der Waals surface area contributed by atoms with Crippen molar-refractivity contribution in [1.82, 2.24) is 5.32 Å². The molecule has 1 aliphatic carbocycles. The third-order valence-electron chi connectivity index (χ3n) is 3.46. The Hall–Kier alpha value is -0.820. The quantitative estimate of drug-likeness (QED) is 0.793. The minimum Gasteiger partial charge on any atom is -0.313 e. The Labute approximate surface area is 99.3 Å². The van der Waals surface area contributed by atoms with E-state index < -0.39 is 0 Å². The van der Waals surface area contributed by atoms with Crippen LogP contribution < -0.4 is 5.32 Å². The first kappa shape index (κ1) is 11.7. The van der Waals surface area contributed by atoms with Crippen molar-refractivity contribution in [3.8, 4) is 0 Å². The smallest absolute Gasteiger partial charge is 0.00684 e. The van der Waals surface area contributed by atoms with Gasteiger partial charge in [0.1, 0.15) is 0 Å². The molecule has 1 saturated carbocycles. The molecule has 1 unspecified atom stereocenters. The maximum atomic E-state index is 3.59. The van der Waals surface area contributed by atoms with Crippen LogP contribution in [0.5, 0.6) is 0 Å². The second kappa shape index (κ2) is 5.01. The van der Waals surface area contributed by atoms with Gasteiger partial charge in [0, 0.05) is 12.6 Å². The Morgan fingerprint density at radius 3 is 2.12 bits per heavy atom. The van der Waals surface area contributed by atoms with Crippen LogP contribution in [0.1, 0.15) is 56.6 Å². The molecule has 0 saturated heterocycles. The SMILES string of the molecule is CC(C)c1ccc(C(C)CNC2CC2)cc1. The fourth-order valence-corrected chi connectivity index (χ4v) is 1.96. The summed E-state index contributed by atoms with van der Waals surface area (Å²) in [6, 6.07) is 9.93. The molecular weight excluding hydrogens is 194 g/mol. The third-order valence-corrected chi connectivity index (χ3v) is 3.46. The minimum absolute atomic E-state index is 0.627. The summed E-state index contributed by atoms with van der Waals surface area (Å²) < 4.78 is 0. The van der Waals surface area contributed by atoms with E-state index in [1.54, 1.807) is 0 Å². The number of rotatable bonds is 5. The number of hydrogen-bond acceptors (Lipinski definition) is 1. The van der Waals surface area contributed by atoms with Gasteiger partial charge < -0.3 is 5.32 Å². The first-order chi connectivity index (χ1) is 7.66. The van der Waals surface area contributed by atoms with Crippen LogP contribution in [0.15, 0.2) is 24.3 Å². The lowest BCUT2D eigenvalue weighted by atomic mass is 9.96. The summed E-state index contributed by atoms with van der Waals surface area (Å²) in [6.07, 6.45) is 2.75. The lowest BCUT2D eigenvalue weighted by Gasteiger charge is -2.14. The molecule has 16 heavy (non-hydrogen) atoms. The molecule has 0 aromatic heterocycles. The zero-order chi connectivity index (χ0) is 11.5. The third kappa shape index (κ3) is 3.08. The van der Waals surface area contributed by atoms with Gasteiger partial charge in [-0.1, -0.05) is 45.0 Å². The maximum absolute atomic E-state index is 3.59. The average Bonchev–Trinajstić information content (AvgIpc) is 3.10. The van der Waals surface area contributed by atoms with Crippen molar-refractivity contribution in [3.05, 3.63) is 35.4 Å². The Balaban J connectivity index is 1.91. The fraction of sp³-hybridized carbons (Fsp3) is 0.600. The van der Waals surface area contributed by atoms with Crippen molar-refractivity contribution in [3.63, 3.8) is 0 Å². The Kier molecular flexibility index (Phi) is 3.65. The van der Waals surface area contributed by atoms with E-state index in [1.165, 1.54) is 24.0 Å². The van der Waals surface area contributed by atoms with E-state index in [2.05, 4.69) is 50.4 Å². The van der Waals surface area contributed by atoms with E-state index in [4.69, 9.17) is 0 Å². The molecule has 0 bridgehead atoms. The van der Waals surface area contributed by atoms with Crippen molar-refractivity contribution in [2.24, 2.45) is 0 Å². The monoisotopic (exact) mass is 217 g/mol. The summed E-state index contributed by atoms with van der Waals surface area (Å²) in [5.74, 6) is 1.26. The van der Waals surface area contributed by atoms with Crippen LogP contribution >= 0.6 is 0 Å². The van der Waals surface area contributed by atoms with Crippen LogP contribution in [0, 0.1) is 0 Å². The Bertz CT molecular complexity index is 322. The summed E-state index contributed by atoms with van der Waals surface area (Å²) >= 11 is 0. The fourth-order valence-electron chi connectivity index (χ4n) is 1.96. The summed E-state index contributed by atoms with van der Waals surface area (Å²) in [6.45, 7) is 7.91. The van der Waals surface area contributed by atoms with Gasteiger partial charge in [-0.15, -0.1) is 0 Å². The van der Waals surface area contributed by atoms with Crippen molar-refractivity contribution in [1.29, 1.82) is 0 Å². The standard InChI is InChI=1S/C15H23N/c1-11(2)13-4-6-14(7-5-13)12(3)10-16-15-8-9-15/h4-7,11-12,15-16H,8-10H2,1-3H3. The highest BCUT2D eigenvalue weighted by atomic mass is 14.9. The average molecular weight is 217 g/mol. The van der Waals surface area contributed by atoms with Gasteiger partial charge in [0.15, 0.2) is 0 Å². The van der Waals surface area contributed by atoms with Gasteiger partial charge in [-0.3, -0.25) is 0 Å². The van der Waals surface area contributed by atoms with Gasteiger partial charge in [0.05, 0.1) is 0 Å². The van der Waals surface area contributed by atoms with Gasteiger partial charge in [-0.25, -0.2) is 0 Å². The molecule has 1 aliphatic rings. The minimum atomic E-state index is 0.627. The summed E-state index contributed by atoms with van der Waals surface area (Å²) in [4.78, 5) is 0. The zero-order valence-corrected chi connectivity index (χ0v) is 10.7. The highest BCUT2D eigenvalue weighted by Gasteiger charge is 2.21. The van der Waals surface area contributed by atoms with Crippen LogP contribution in [0.4, 0.5) is 0 Å². The summed E-state index contributed by atoms with van der Waals surface area (Å²) in [5.41, 5.74) is 2.89. The Morgan fingerprint density at radius 2 is 1.62 bits per heavy atom. The number of benzene rings is 1. The van der Waals surface area contributed by atoms with Crippen LogP contribution in [0.2, 0.25) is 0 Å². The first-order valence-electron chi connectivity index (χ1n) is 6.50. The van der Waals surface area contributed by atoms with Crippen molar-refractivity contribution in [2.75, 3.05) is 6.54 Å². The van der Waals surface area contributed by atoms with E-state index in [0.717, 1.165) is 12.6 Å². The van der Waals surface area contributed by atoms with Crippen LogP contribution in [-0.2, 0) is 0 Å². The number of nitrogens with one attached hydrogen (secondary N) is 1. The molecule has 0 heterocycles. The molecule has 1 atom stereocenters. The predicted octanol–water partition coefficient (Wildman–Crippen LogP) is 3.67. The first-order valence-corrected chi connectivity index (χ1v) is 6.50. The van der Waals surface area contributed by atoms with Gasteiger partial charge in [-0.05, 0) is 35.8 Å². The molecule has 0 amide bonds. The second-order valence-corrected chi connectivity index (χ2v) is 5.40. The van der Waals surface area contributed by atoms with Crippen molar-refractivity contribution in [2.45, 2.75) is 51.5 Å².